The largest absolute Gasteiger partial charge is 0.339 e. The Labute approximate surface area is 157 Å². The number of nitrogens with zero attached hydrogens (tertiary/aromatic N) is 4. The number of benzene rings is 1. The van der Waals surface area contributed by atoms with Gasteiger partial charge in [0.15, 0.2) is 0 Å². The fourth-order valence-electron chi connectivity index (χ4n) is 3.18. The van der Waals surface area contributed by atoms with Crippen molar-refractivity contribution in [3.63, 3.8) is 0 Å². The zero-order valence-electron chi connectivity index (χ0n) is 14.8. The molecule has 3 heterocycles. The van der Waals surface area contributed by atoms with Gasteiger partial charge in [0.05, 0.1) is 11.4 Å². The molecule has 0 aliphatic carbocycles. The van der Waals surface area contributed by atoms with E-state index in [9.17, 15) is 4.79 Å². The maximum absolute atomic E-state index is 12.7. The standard InChI is InChI=1S/C20H22N4OS/c1-22-10-12-23(13-11-22)19(25)14-24-9-5-8-18(24)20-21-17(15-26-20)16-6-3-2-4-7-16/h2-9,15H,10-14H2,1H3. The summed E-state index contributed by atoms with van der Waals surface area (Å²) in [7, 11) is 2.10. The van der Waals surface area contributed by atoms with Crippen LogP contribution in [0, 0.1) is 0 Å². The average molecular weight is 366 g/mol. The Morgan fingerprint density at radius 2 is 1.85 bits per heavy atom. The Morgan fingerprint density at radius 1 is 1.08 bits per heavy atom. The molecule has 1 aliphatic heterocycles. The Morgan fingerprint density at radius 3 is 2.62 bits per heavy atom. The Kier molecular flexibility index (Phi) is 4.86. The molecule has 1 fully saturated rings. The zero-order valence-corrected chi connectivity index (χ0v) is 15.7. The second-order valence-corrected chi connectivity index (χ2v) is 7.47. The lowest BCUT2D eigenvalue weighted by Gasteiger charge is -2.32. The van der Waals surface area contributed by atoms with Crippen molar-refractivity contribution in [2.45, 2.75) is 6.54 Å². The summed E-state index contributed by atoms with van der Waals surface area (Å²) in [6, 6.07) is 14.2. The predicted molar refractivity (Wildman–Crippen MR) is 105 cm³/mol. The molecule has 1 amide bonds. The van der Waals surface area contributed by atoms with Crippen LogP contribution in [0.2, 0.25) is 0 Å². The van der Waals surface area contributed by atoms with Crippen molar-refractivity contribution in [3.05, 3.63) is 54.0 Å². The Bertz CT molecular complexity index is 878. The van der Waals surface area contributed by atoms with Crippen molar-refractivity contribution >= 4 is 17.2 Å². The van der Waals surface area contributed by atoms with Gasteiger partial charge in [0, 0.05) is 43.3 Å². The first-order chi connectivity index (χ1) is 12.7. The fraction of sp³-hybridized carbons (Fsp3) is 0.300. The van der Waals surface area contributed by atoms with E-state index in [-0.39, 0.29) is 5.91 Å². The van der Waals surface area contributed by atoms with Crippen molar-refractivity contribution in [2.24, 2.45) is 0 Å². The summed E-state index contributed by atoms with van der Waals surface area (Å²) < 4.78 is 2.01. The molecular formula is C20H22N4OS. The second-order valence-electron chi connectivity index (χ2n) is 6.61. The molecule has 134 valence electrons. The summed E-state index contributed by atoms with van der Waals surface area (Å²) >= 11 is 1.62. The minimum atomic E-state index is 0.176. The van der Waals surface area contributed by atoms with Crippen molar-refractivity contribution in [3.8, 4) is 22.0 Å². The minimum absolute atomic E-state index is 0.176. The molecule has 0 bridgehead atoms. The Hall–Kier alpha value is -2.44. The molecule has 3 aromatic rings. The topological polar surface area (TPSA) is 41.4 Å². The first kappa shape index (κ1) is 17.0. The van der Waals surface area contributed by atoms with E-state index in [1.807, 2.05) is 46.0 Å². The summed E-state index contributed by atoms with van der Waals surface area (Å²) in [5.74, 6) is 0.176. The Balaban J connectivity index is 1.51. The van der Waals surface area contributed by atoms with Crippen LogP contribution in [0.15, 0.2) is 54.0 Å². The number of piperazine rings is 1. The molecule has 6 heteroatoms. The molecule has 0 unspecified atom stereocenters. The van der Waals surface area contributed by atoms with E-state index >= 15 is 0 Å². The molecule has 0 radical (unpaired) electrons. The van der Waals surface area contributed by atoms with Gasteiger partial charge in [0.25, 0.3) is 0 Å². The SMILES string of the molecule is CN1CCN(C(=O)Cn2cccc2-c2nc(-c3ccccc3)cs2)CC1. The number of carbonyl (C=O) groups is 1. The van der Waals surface area contributed by atoms with Crippen LogP contribution in [0.25, 0.3) is 22.0 Å². The van der Waals surface area contributed by atoms with Crippen molar-refractivity contribution in [1.29, 1.82) is 0 Å². The van der Waals surface area contributed by atoms with E-state index in [0.717, 1.165) is 48.1 Å². The van der Waals surface area contributed by atoms with Crippen LogP contribution in [-0.2, 0) is 11.3 Å². The van der Waals surface area contributed by atoms with Gasteiger partial charge in [-0.1, -0.05) is 30.3 Å². The van der Waals surface area contributed by atoms with Crippen molar-refractivity contribution in [2.75, 3.05) is 33.2 Å². The number of aromatic nitrogens is 2. The van der Waals surface area contributed by atoms with E-state index < -0.39 is 0 Å². The van der Waals surface area contributed by atoms with E-state index in [2.05, 4.69) is 29.5 Å². The number of amides is 1. The molecule has 0 spiro atoms. The molecule has 0 atom stereocenters. The number of carbonyl (C=O) groups excluding carboxylic acids is 1. The van der Waals surface area contributed by atoms with Crippen molar-refractivity contribution < 1.29 is 4.79 Å². The lowest BCUT2D eigenvalue weighted by atomic mass is 10.2. The van der Waals surface area contributed by atoms with E-state index in [1.165, 1.54) is 0 Å². The monoisotopic (exact) mass is 366 g/mol. The molecule has 0 saturated carbocycles. The fourth-order valence-corrected chi connectivity index (χ4v) is 4.05. The highest BCUT2D eigenvalue weighted by atomic mass is 32.1. The third-order valence-corrected chi connectivity index (χ3v) is 5.65. The molecule has 1 aliphatic rings. The smallest absolute Gasteiger partial charge is 0.242 e. The predicted octanol–water partition coefficient (Wildman–Crippen LogP) is 3.05. The van der Waals surface area contributed by atoms with Crippen LogP contribution < -0.4 is 0 Å². The highest BCUT2D eigenvalue weighted by Gasteiger charge is 2.20. The number of hydrogen-bond donors (Lipinski definition) is 0. The molecule has 4 rings (SSSR count). The van der Waals surface area contributed by atoms with Gasteiger partial charge < -0.3 is 14.4 Å². The summed E-state index contributed by atoms with van der Waals surface area (Å²) in [6.07, 6.45) is 1.97. The molecule has 5 nitrogen and oxygen atoms in total. The van der Waals surface area contributed by atoms with Crippen LogP contribution >= 0.6 is 11.3 Å². The van der Waals surface area contributed by atoms with Crippen LogP contribution in [0.1, 0.15) is 0 Å². The van der Waals surface area contributed by atoms with Crippen LogP contribution in [0.3, 0.4) is 0 Å². The number of likely N-dealkylation sites (N-methyl/N-ethyl adjacent to an activating group) is 1. The van der Waals surface area contributed by atoms with Gasteiger partial charge in [-0.2, -0.15) is 0 Å². The molecule has 1 saturated heterocycles. The average Bonchev–Trinajstić information content (AvgIpc) is 3.32. The highest BCUT2D eigenvalue weighted by molar-refractivity contribution is 7.13. The number of hydrogen-bond acceptors (Lipinski definition) is 4. The van der Waals surface area contributed by atoms with Crippen LogP contribution in [0.5, 0.6) is 0 Å². The third kappa shape index (κ3) is 3.57. The lowest BCUT2D eigenvalue weighted by molar-refractivity contribution is -0.133. The summed E-state index contributed by atoms with van der Waals surface area (Å²) in [5.41, 5.74) is 3.09. The molecule has 2 aromatic heterocycles. The second kappa shape index (κ2) is 7.43. The lowest BCUT2D eigenvalue weighted by Crippen LogP contribution is -2.48. The van der Waals surface area contributed by atoms with Gasteiger partial charge in [-0.05, 0) is 19.2 Å². The van der Waals surface area contributed by atoms with Gasteiger partial charge >= 0.3 is 0 Å². The van der Waals surface area contributed by atoms with Crippen LogP contribution in [0.4, 0.5) is 0 Å². The first-order valence-corrected chi connectivity index (χ1v) is 9.71. The van der Waals surface area contributed by atoms with Gasteiger partial charge in [-0.25, -0.2) is 4.98 Å². The van der Waals surface area contributed by atoms with Crippen molar-refractivity contribution in [1.82, 2.24) is 19.4 Å². The maximum atomic E-state index is 12.7. The number of thiazole rings is 1. The maximum Gasteiger partial charge on any atom is 0.242 e. The summed E-state index contributed by atoms with van der Waals surface area (Å²) in [6.45, 7) is 3.86. The van der Waals surface area contributed by atoms with Gasteiger partial charge in [-0.15, -0.1) is 11.3 Å². The summed E-state index contributed by atoms with van der Waals surface area (Å²) in [4.78, 5) is 21.6. The quantitative estimate of drug-likeness (QED) is 0.713. The first-order valence-electron chi connectivity index (χ1n) is 8.83. The van der Waals surface area contributed by atoms with E-state index in [4.69, 9.17) is 4.98 Å². The molecule has 0 N–H and O–H groups in total. The third-order valence-electron chi connectivity index (χ3n) is 4.78. The number of rotatable bonds is 4. The van der Waals surface area contributed by atoms with Gasteiger partial charge in [0.1, 0.15) is 11.6 Å². The highest BCUT2D eigenvalue weighted by Crippen LogP contribution is 2.29. The summed E-state index contributed by atoms with van der Waals surface area (Å²) in [5, 5.41) is 3.02. The minimum Gasteiger partial charge on any atom is -0.339 e. The molecule has 26 heavy (non-hydrogen) atoms. The molecular weight excluding hydrogens is 344 g/mol. The van der Waals surface area contributed by atoms with Gasteiger partial charge in [-0.3, -0.25) is 4.79 Å². The van der Waals surface area contributed by atoms with Gasteiger partial charge in [0.2, 0.25) is 5.91 Å². The van der Waals surface area contributed by atoms with Crippen LogP contribution in [-0.4, -0.2) is 58.5 Å². The normalized spacial score (nSPS) is 15.3. The molecule has 1 aromatic carbocycles. The van der Waals surface area contributed by atoms with E-state index in [0.29, 0.717) is 6.54 Å². The van der Waals surface area contributed by atoms with E-state index in [1.54, 1.807) is 11.3 Å². The zero-order chi connectivity index (χ0) is 17.9.